The van der Waals surface area contributed by atoms with E-state index in [-0.39, 0.29) is 11.0 Å². The van der Waals surface area contributed by atoms with Gasteiger partial charge in [-0.2, -0.15) is 4.98 Å². The van der Waals surface area contributed by atoms with Crippen molar-refractivity contribution in [1.82, 2.24) is 15.1 Å². The molecule has 0 aliphatic heterocycles. The highest BCUT2D eigenvalue weighted by Crippen LogP contribution is 2.31. The van der Waals surface area contributed by atoms with E-state index >= 15 is 0 Å². The largest absolute Gasteiger partial charge is 0.489 e. The number of hydrogen-bond donors (Lipinski definition) is 3. The van der Waals surface area contributed by atoms with Gasteiger partial charge in [0.1, 0.15) is 28.8 Å². The number of aliphatic hydroxyl groups is 1. The standard InChI is InChI=1S/C21H22ClN5O4/c1-13-10-18(27-31-13)21(2,28)7-6-14-4-5-17(30-9-8-29-3)16(11-14)25-19-15(22)12-24-20(23)26-19/h4-5,10-12,28H,8-9H2,1-3H3,(H3,23,24,25,26). The Kier molecular flexibility index (Phi) is 6.97. The first-order chi connectivity index (χ1) is 14.8. The Morgan fingerprint density at radius 2 is 2.13 bits per heavy atom. The quantitative estimate of drug-likeness (QED) is 0.372. The van der Waals surface area contributed by atoms with Crippen LogP contribution in [0.25, 0.3) is 0 Å². The Hall–Kier alpha value is -3.32. The molecule has 1 aromatic carbocycles. The Morgan fingerprint density at radius 3 is 2.84 bits per heavy atom. The van der Waals surface area contributed by atoms with E-state index in [1.165, 1.54) is 6.20 Å². The Bertz CT molecular complexity index is 1120. The molecule has 0 bridgehead atoms. The maximum atomic E-state index is 10.6. The molecule has 4 N–H and O–H groups in total. The fourth-order valence-electron chi connectivity index (χ4n) is 2.52. The van der Waals surface area contributed by atoms with E-state index in [1.807, 2.05) is 0 Å². The molecular weight excluding hydrogens is 422 g/mol. The van der Waals surface area contributed by atoms with Gasteiger partial charge in [-0.15, -0.1) is 0 Å². The summed E-state index contributed by atoms with van der Waals surface area (Å²) in [7, 11) is 1.59. The van der Waals surface area contributed by atoms with Crippen molar-refractivity contribution in [1.29, 1.82) is 0 Å². The predicted octanol–water partition coefficient (Wildman–Crippen LogP) is 3.04. The van der Waals surface area contributed by atoms with E-state index < -0.39 is 5.60 Å². The highest BCUT2D eigenvalue weighted by Gasteiger charge is 2.24. The van der Waals surface area contributed by atoms with E-state index in [9.17, 15) is 5.11 Å². The average Bonchev–Trinajstić information content (AvgIpc) is 3.18. The van der Waals surface area contributed by atoms with E-state index in [2.05, 4.69) is 32.3 Å². The molecular formula is C21H22ClN5O4. The number of methoxy groups -OCH3 is 1. The Balaban J connectivity index is 1.92. The molecule has 0 aliphatic carbocycles. The molecule has 1 atom stereocenters. The third-order valence-electron chi connectivity index (χ3n) is 4.12. The first kappa shape index (κ1) is 22.4. The molecule has 0 saturated heterocycles. The number of nitrogens with two attached hydrogens (primary N) is 1. The van der Waals surface area contributed by atoms with Crippen LogP contribution in [-0.2, 0) is 10.3 Å². The van der Waals surface area contributed by atoms with Crippen LogP contribution < -0.4 is 15.8 Å². The molecule has 162 valence electrons. The summed E-state index contributed by atoms with van der Waals surface area (Å²) in [5.74, 6) is 7.27. The number of nitrogen functional groups attached to an aromatic ring is 1. The summed E-state index contributed by atoms with van der Waals surface area (Å²) in [4.78, 5) is 7.96. The van der Waals surface area contributed by atoms with Gasteiger partial charge in [-0.05, 0) is 32.0 Å². The van der Waals surface area contributed by atoms with E-state index in [0.29, 0.717) is 47.5 Å². The van der Waals surface area contributed by atoms with Crippen LogP contribution in [0.5, 0.6) is 5.75 Å². The molecule has 31 heavy (non-hydrogen) atoms. The molecule has 0 aliphatic rings. The molecule has 0 saturated carbocycles. The molecule has 9 nitrogen and oxygen atoms in total. The van der Waals surface area contributed by atoms with Crippen molar-refractivity contribution in [3.63, 3.8) is 0 Å². The van der Waals surface area contributed by atoms with Crippen molar-refractivity contribution in [2.45, 2.75) is 19.4 Å². The highest BCUT2D eigenvalue weighted by atomic mass is 35.5. The van der Waals surface area contributed by atoms with Gasteiger partial charge in [-0.1, -0.05) is 28.6 Å². The first-order valence-corrected chi connectivity index (χ1v) is 9.66. The lowest BCUT2D eigenvalue weighted by Crippen LogP contribution is -2.18. The molecule has 0 radical (unpaired) electrons. The minimum atomic E-state index is -1.48. The monoisotopic (exact) mass is 443 g/mol. The summed E-state index contributed by atoms with van der Waals surface area (Å²) in [6.07, 6.45) is 1.40. The summed E-state index contributed by atoms with van der Waals surface area (Å²) < 4.78 is 15.8. The fraction of sp³-hybridized carbons (Fsp3) is 0.286. The number of aromatic nitrogens is 3. The van der Waals surface area contributed by atoms with Crippen molar-refractivity contribution < 1.29 is 19.1 Å². The number of anilines is 3. The van der Waals surface area contributed by atoms with Crippen LogP contribution in [0.3, 0.4) is 0 Å². The SMILES string of the molecule is COCCOc1ccc(C#CC(C)(O)c2cc(C)on2)cc1Nc1nc(N)ncc1Cl. The molecule has 0 spiro atoms. The van der Waals surface area contributed by atoms with Crippen LogP contribution in [0.4, 0.5) is 17.5 Å². The molecule has 10 heteroatoms. The van der Waals surface area contributed by atoms with Gasteiger partial charge in [-0.25, -0.2) is 4.98 Å². The van der Waals surface area contributed by atoms with Gasteiger partial charge in [0.05, 0.1) is 18.5 Å². The van der Waals surface area contributed by atoms with Gasteiger partial charge < -0.3 is 30.2 Å². The number of halogens is 1. The van der Waals surface area contributed by atoms with Gasteiger partial charge >= 0.3 is 0 Å². The maximum absolute atomic E-state index is 10.6. The van der Waals surface area contributed by atoms with Crippen LogP contribution in [-0.4, -0.2) is 40.6 Å². The number of nitrogens with one attached hydrogen (secondary N) is 1. The van der Waals surface area contributed by atoms with Gasteiger partial charge in [0.25, 0.3) is 0 Å². The van der Waals surface area contributed by atoms with Crippen LogP contribution in [0, 0.1) is 18.8 Å². The number of aryl methyl sites for hydroxylation is 1. The van der Waals surface area contributed by atoms with Gasteiger partial charge in [0.15, 0.2) is 11.4 Å². The normalized spacial score (nSPS) is 12.5. The number of hydrogen-bond acceptors (Lipinski definition) is 9. The molecule has 0 amide bonds. The summed E-state index contributed by atoms with van der Waals surface area (Å²) in [6, 6.07) is 6.89. The smallest absolute Gasteiger partial charge is 0.222 e. The number of nitrogens with zero attached hydrogens (tertiary/aromatic N) is 3. The third kappa shape index (κ3) is 5.86. The van der Waals surface area contributed by atoms with Crippen LogP contribution in [0.1, 0.15) is 23.9 Å². The lowest BCUT2D eigenvalue weighted by Gasteiger charge is -2.14. The second-order valence-electron chi connectivity index (χ2n) is 6.75. The van der Waals surface area contributed by atoms with Crippen LogP contribution >= 0.6 is 11.6 Å². The molecule has 1 unspecified atom stereocenters. The molecule has 2 heterocycles. The zero-order chi connectivity index (χ0) is 22.4. The van der Waals surface area contributed by atoms with Crippen LogP contribution in [0.15, 0.2) is 35.0 Å². The number of rotatable bonds is 7. The third-order valence-corrected chi connectivity index (χ3v) is 4.39. The van der Waals surface area contributed by atoms with Crippen molar-refractivity contribution in [3.05, 3.63) is 52.5 Å². The molecule has 2 aromatic heterocycles. The van der Waals surface area contributed by atoms with E-state index in [0.717, 1.165) is 0 Å². The first-order valence-electron chi connectivity index (χ1n) is 9.28. The Morgan fingerprint density at radius 1 is 1.32 bits per heavy atom. The Labute approximate surface area is 184 Å². The van der Waals surface area contributed by atoms with E-state index in [4.69, 9.17) is 31.3 Å². The maximum Gasteiger partial charge on any atom is 0.222 e. The number of benzene rings is 1. The summed E-state index contributed by atoms with van der Waals surface area (Å²) in [5, 5.41) is 17.9. The zero-order valence-corrected chi connectivity index (χ0v) is 18.0. The lowest BCUT2D eigenvalue weighted by molar-refractivity contribution is 0.112. The predicted molar refractivity (Wildman–Crippen MR) is 116 cm³/mol. The van der Waals surface area contributed by atoms with Gasteiger partial charge in [-0.3, -0.25) is 0 Å². The topological polar surface area (TPSA) is 129 Å². The van der Waals surface area contributed by atoms with Crippen molar-refractivity contribution in [2.75, 3.05) is 31.4 Å². The van der Waals surface area contributed by atoms with Gasteiger partial charge in [0, 0.05) is 18.7 Å². The van der Waals surface area contributed by atoms with Crippen LogP contribution in [0.2, 0.25) is 5.02 Å². The van der Waals surface area contributed by atoms with Crippen molar-refractivity contribution in [2.24, 2.45) is 0 Å². The average molecular weight is 444 g/mol. The summed E-state index contributed by atoms with van der Waals surface area (Å²) in [6.45, 7) is 4.05. The van der Waals surface area contributed by atoms with E-state index in [1.54, 1.807) is 45.2 Å². The van der Waals surface area contributed by atoms with Crippen molar-refractivity contribution in [3.8, 4) is 17.6 Å². The minimum Gasteiger partial charge on any atom is -0.489 e. The number of ether oxygens (including phenoxy) is 2. The second kappa shape index (κ2) is 9.66. The second-order valence-corrected chi connectivity index (χ2v) is 7.15. The van der Waals surface area contributed by atoms with Crippen molar-refractivity contribution >= 4 is 29.1 Å². The lowest BCUT2D eigenvalue weighted by atomic mass is 10.0. The summed E-state index contributed by atoms with van der Waals surface area (Å²) in [5.41, 5.74) is 5.68. The van der Waals surface area contributed by atoms with Gasteiger partial charge in [0.2, 0.25) is 5.95 Å². The summed E-state index contributed by atoms with van der Waals surface area (Å²) >= 11 is 6.18. The molecule has 3 aromatic rings. The molecule has 3 rings (SSSR count). The highest BCUT2D eigenvalue weighted by molar-refractivity contribution is 6.32. The molecule has 0 fully saturated rings. The zero-order valence-electron chi connectivity index (χ0n) is 17.3. The fourth-order valence-corrected chi connectivity index (χ4v) is 2.65. The minimum absolute atomic E-state index is 0.0728.